The largest absolute Gasteiger partial charge is 0.465 e. The molecule has 3 rings (SSSR count). The summed E-state index contributed by atoms with van der Waals surface area (Å²) in [5, 5.41) is 6.45. The average Bonchev–Trinajstić information content (AvgIpc) is 2.67. The molecule has 0 aliphatic heterocycles. The van der Waals surface area contributed by atoms with Crippen molar-refractivity contribution in [2.75, 3.05) is 17.7 Å². The van der Waals surface area contributed by atoms with Crippen LogP contribution in [0.4, 0.5) is 23.1 Å². The smallest absolute Gasteiger partial charge is 0.337 e. The van der Waals surface area contributed by atoms with Gasteiger partial charge in [0.1, 0.15) is 5.82 Å². The van der Waals surface area contributed by atoms with Crippen LogP contribution in [0, 0.1) is 6.92 Å². The molecule has 0 saturated carbocycles. The Kier molecular flexibility index (Phi) is 5.89. The summed E-state index contributed by atoms with van der Waals surface area (Å²) < 4.78 is 4.76. The summed E-state index contributed by atoms with van der Waals surface area (Å²) in [6.07, 6.45) is 0. The van der Waals surface area contributed by atoms with Crippen molar-refractivity contribution in [2.24, 2.45) is 0 Å². The van der Waals surface area contributed by atoms with Crippen molar-refractivity contribution in [2.45, 2.75) is 26.7 Å². The molecule has 0 fully saturated rings. The third kappa shape index (κ3) is 4.85. The number of hydrogen-bond donors (Lipinski definition) is 2. The van der Waals surface area contributed by atoms with Crippen molar-refractivity contribution in [3.05, 3.63) is 71.4 Å². The minimum Gasteiger partial charge on any atom is -0.465 e. The summed E-state index contributed by atoms with van der Waals surface area (Å²) in [5.41, 5.74) is 4.24. The number of nitrogens with zero attached hydrogens (tertiary/aromatic N) is 2. The average molecular weight is 376 g/mol. The molecule has 6 heteroatoms. The second-order valence-corrected chi connectivity index (χ2v) is 6.82. The fraction of sp³-hybridized carbons (Fsp3) is 0.227. The summed E-state index contributed by atoms with van der Waals surface area (Å²) in [6, 6.07) is 17.2. The van der Waals surface area contributed by atoms with Crippen molar-refractivity contribution in [3.8, 4) is 0 Å². The summed E-state index contributed by atoms with van der Waals surface area (Å²) in [4.78, 5) is 20.7. The second kappa shape index (κ2) is 8.52. The fourth-order valence-electron chi connectivity index (χ4n) is 2.76. The van der Waals surface area contributed by atoms with Gasteiger partial charge in [-0.25, -0.2) is 9.78 Å². The molecule has 1 heterocycles. The topological polar surface area (TPSA) is 76.1 Å². The number of carbonyl (C=O) groups is 1. The van der Waals surface area contributed by atoms with Crippen molar-refractivity contribution in [1.82, 2.24) is 9.97 Å². The Morgan fingerprint density at radius 1 is 0.964 bits per heavy atom. The van der Waals surface area contributed by atoms with E-state index in [9.17, 15) is 4.79 Å². The number of rotatable bonds is 6. The molecule has 6 nitrogen and oxygen atoms in total. The van der Waals surface area contributed by atoms with Crippen molar-refractivity contribution in [3.63, 3.8) is 0 Å². The molecule has 0 aliphatic carbocycles. The van der Waals surface area contributed by atoms with Crippen LogP contribution in [0.15, 0.2) is 54.6 Å². The van der Waals surface area contributed by atoms with Gasteiger partial charge in [0.2, 0.25) is 5.95 Å². The summed E-state index contributed by atoms with van der Waals surface area (Å²) in [5.74, 6) is 1.24. The lowest BCUT2D eigenvalue weighted by atomic mass is 10.0. The second-order valence-electron chi connectivity index (χ2n) is 6.82. The monoisotopic (exact) mass is 376 g/mol. The van der Waals surface area contributed by atoms with Crippen LogP contribution < -0.4 is 10.6 Å². The van der Waals surface area contributed by atoms with Gasteiger partial charge in [-0.2, -0.15) is 4.98 Å². The van der Waals surface area contributed by atoms with Gasteiger partial charge in [-0.1, -0.05) is 32.0 Å². The van der Waals surface area contributed by atoms with E-state index in [1.165, 1.54) is 12.7 Å². The quantitative estimate of drug-likeness (QED) is 0.577. The molecule has 0 atom stereocenters. The van der Waals surface area contributed by atoms with Gasteiger partial charge in [-0.3, -0.25) is 0 Å². The number of aromatic nitrogens is 2. The lowest BCUT2D eigenvalue weighted by Gasteiger charge is -2.11. The van der Waals surface area contributed by atoms with E-state index in [1.54, 1.807) is 18.2 Å². The van der Waals surface area contributed by atoms with Gasteiger partial charge in [-0.15, -0.1) is 0 Å². The number of carbonyl (C=O) groups excluding carboxylic acids is 1. The molecule has 3 aromatic rings. The third-order valence-electron chi connectivity index (χ3n) is 4.24. The SMILES string of the molecule is COC(=O)c1cccc(Nc2nc(C)cc(Nc3ccc(C(C)C)cc3)n2)c1. The highest BCUT2D eigenvalue weighted by molar-refractivity contribution is 5.90. The molecular weight excluding hydrogens is 352 g/mol. The van der Waals surface area contributed by atoms with Gasteiger partial charge in [0.25, 0.3) is 0 Å². The maximum atomic E-state index is 11.7. The number of anilines is 4. The minimum atomic E-state index is -0.388. The standard InChI is InChI=1S/C22H24N4O2/c1-14(2)16-8-10-18(11-9-16)24-20-12-15(3)23-22(26-20)25-19-7-5-6-17(13-19)21(27)28-4/h5-14H,1-4H3,(H2,23,24,25,26). The minimum absolute atomic E-state index is 0.388. The van der Waals surface area contributed by atoms with Crippen molar-refractivity contribution in [1.29, 1.82) is 0 Å². The number of aryl methyl sites for hydroxylation is 1. The summed E-state index contributed by atoms with van der Waals surface area (Å²) in [7, 11) is 1.36. The van der Waals surface area contributed by atoms with Crippen molar-refractivity contribution >= 4 is 29.1 Å². The Hall–Kier alpha value is -3.41. The molecular formula is C22H24N4O2. The van der Waals surface area contributed by atoms with Gasteiger partial charge < -0.3 is 15.4 Å². The van der Waals surface area contributed by atoms with E-state index in [0.29, 0.717) is 28.9 Å². The molecule has 2 aromatic carbocycles. The lowest BCUT2D eigenvalue weighted by molar-refractivity contribution is 0.0601. The highest BCUT2D eigenvalue weighted by Crippen LogP contribution is 2.22. The van der Waals surface area contributed by atoms with E-state index < -0.39 is 0 Å². The molecule has 28 heavy (non-hydrogen) atoms. The molecule has 0 bridgehead atoms. The van der Waals surface area contributed by atoms with E-state index in [1.807, 2.05) is 31.2 Å². The van der Waals surface area contributed by atoms with Gasteiger partial charge in [0, 0.05) is 23.1 Å². The van der Waals surface area contributed by atoms with Gasteiger partial charge in [0.05, 0.1) is 12.7 Å². The van der Waals surface area contributed by atoms with Crippen LogP contribution in [0.5, 0.6) is 0 Å². The van der Waals surface area contributed by atoms with E-state index in [2.05, 4.69) is 46.6 Å². The molecule has 2 N–H and O–H groups in total. The zero-order valence-electron chi connectivity index (χ0n) is 16.5. The van der Waals surface area contributed by atoms with Crippen LogP contribution >= 0.6 is 0 Å². The van der Waals surface area contributed by atoms with Crippen molar-refractivity contribution < 1.29 is 9.53 Å². The molecule has 0 unspecified atom stereocenters. The lowest BCUT2D eigenvalue weighted by Crippen LogP contribution is -2.04. The van der Waals surface area contributed by atoms with E-state index in [-0.39, 0.29) is 5.97 Å². The first-order valence-corrected chi connectivity index (χ1v) is 9.12. The molecule has 1 aromatic heterocycles. The Morgan fingerprint density at radius 3 is 2.39 bits per heavy atom. The molecule has 0 amide bonds. The molecule has 0 spiro atoms. The molecule has 0 saturated heterocycles. The Labute approximate surface area is 165 Å². The van der Waals surface area contributed by atoms with Crippen LogP contribution in [0.3, 0.4) is 0 Å². The van der Waals surface area contributed by atoms with Crippen LogP contribution in [-0.2, 0) is 4.74 Å². The number of nitrogens with one attached hydrogen (secondary N) is 2. The zero-order chi connectivity index (χ0) is 20.1. The van der Waals surface area contributed by atoms with Crippen LogP contribution in [0.1, 0.15) is 41.4 Å². The first-order valence-electron chi connectivity index (χ1n) is 9.12. The molecule has 0 radical (unpaired) electrons. The van der Waals surface area contributed by atoms with E-state index >= 15 is 0 Å². The number of hydrogen-bond acceptors (Lipinski definition) is 6. The third-order valence-corrected chi connectivity index (χ3v) is 4.24. The van der Waals surface area contributed by atoms with E-state index in [4.69, 9.17) is 4.74 Å². The summed E-state index contributed by atoms with van der Waals surface area (Å²) in [6.45, 7) is 6.25. The number of benzene rings is 2. The maximum absolute atomic E-state index is 11.7. The summed E-state index contributed by atoms with van der Waals surface area (Å²) >= 11 is 0. The number of ether oxygens (including phenoxy) is 1. The van der Waals surface area contributed by atoms with Gasteiger partial charge in [-0.05, 0) is 48.7 Å². The normalized spacial score (nSPS) is 10.6. The predicted molar refractivity (Wildman–Crippen MR) is 112 cm³/mol. The predicted octanol–water partition coefficient (Wildman–Crippen LogP) is 5.18. The molecule has 144 valence electrons. The Morgan fingerprint density at radius 2 is 1.71 bits per heavy atom. The zero-order valence-corrected chi connectivity index (χ0v) is 16.5. The number of esters is 1. The molecule has 0 aliphatic rings. The van der Waals surface area contributed by atoms with E-state index in [0.717, 1.165) is 11.4 Å². The van der Waals surface area contributed by atoms with Crippen LogP contribution in [0.2, 0.25) is 0 Å². The Bertz CT molecular complexity index is 969. The highest BCUT2D eigenvalue weighted by atomic mass is 16.5. The number of methoxy groups -OCH3 is 1. The fourth-order valence-corrected chi connectivity index (χ4v) is 2.76. The van der Waals surface area contributed by atoms with Crippen LogP contribution in [0.25, 0.3) is 0 Å². The maximum Gasteiger partial charge on any atom is 0.337 e. The van der Waals surface area contributed by atoms with Gasteiger partial charge >= 0.3 is 5.97 Å². The first-order chi connectivity index (χ1) is 13.4. The van der Waals surface area contributed by atoms with Crippen LogP contribution in [-0.4, -0.2) is 23.0 Å². The Balaban J connectivity index is 1.79. The highest BCUT2D eigenvalue weighted by Gasteiger charge is 2.08. The van der Waals surface area contributed by atoms with Gasteiger partial charge in [0.15, 0.2) is 0 Å². The first kappa shape index (κ1) is 19.4.